The predicted molar refractivity (Wildman–Crippen MR) is 119 cm³/mol. The Morgan fingerprint density at radius 2 is 1.91 bits per heavy atom. The lowest BCUT2D eigenvalue weighted by atomic mass is 9.97. The van der Waals surface area contributed by atoms with Crippen molar-refractivity contribution in [3.05, 3.63) is 94.3 Å². The molecule has 0 radical (unpaired) electrons. The van der Waals surface area contributed by atoms with E-state index >= 15 is 0 Å². The fourth-order valence-electron chi connectivity index (χ4n) is 3.95. The van der Waals surface area contributed by atoms with Gasteiger partial charge in [0.2, 0.25) is 0 Å². The first-order valence-corrected chi connectivity index (χ1v) is 10.4. The monoisotopic (exact) mass is 447 g/mol. The first-order chi connectivity index (χ1) is 15.6. The Morgan fingerprint density at radius 1 is 1.16 bits per heavy atom. The van der Waals surface area contributed by atoms with E-state index in [1.54, 1.807) is 60.6 Å². The minimum atomic E-state index is -0.456. The second-order valence-corrected chi connectivity index (χ2v) is 7.67. The van der Waals surface area contributed by atoms with Crippen LogP contribution in [-0.4, -0.2) is 28.7 Å². The van der Waals surface area contributed by atoms with Crippen molar-refractivity contribution < 1.29 is 18.7 Å². The molecule has 32 heavy (non-hydrogen) atoms. The molecule has 7 nitrogen and oxygen atoms in total. The maximum Gasteiger partial charge on any atom is 0.338 e. The number of anilines is 1. The highest BCUT2D eigenvalue weighted by Gasteiger charge is 2.43. The molecule has 2 aromatic carbocycles. The van der Waals surface area contributed by atoms with Crippen molar-refractivity contribution in [1.29, 1.82) is 0 Å². The van der Waals surface area contributed by atoms with Crippen LogP contribution in [0.15, 0.2) is 71.3 Å². The third-order valence-corrected chi connectivity index (χ3v) is 5.62. The molecule has 3 heterocycles. The maximum atomic E-state index is 13.4. The molecule has 1 atom stereocenters. The van der Waals surface area contributed by atoms with E-state index in [-0.39, 0.29) is 5.91 Å². The lowest BCUT2D eigenvalue weighted by molar-refractivity contribution is 0.0526. The summed E-state index contributed by atoms with van der Waals surface area (Å²) in [5, 5.41) is 7.85. The molecule has 5 rings (SSSR count). The highest BCUT2D eigenvalue weighted by molar-refractivity contribution is 6.30. The third kappa shape index (κ3) is 3.27. The summed E-state index contributed by atoms with van der Waals surface area (Å²) in [6.07, 6.45) is 1.57. The van der Waals surface area contributed by atoms with E-state index in [1.807, 2.05) is 18.2 Å². The van der Waals surface area contributed by atoms with Gasteiger partial charge in [-0.3, -0.25) is 14.8 Å². The van der Waals surface area contributed by atoms with Crippen molar-refractivity contribution in [3.8, 4) is 11.5 Å². The fraction of sp³-hybridized carbons (Fsp3) is 0.125. The van der Waals surface area contributed by atoms with Crippen molar-refractivity contribution in [2.45, 2.75) is 13.0 Å². The highest BCUT2D eigenvalue weighted by Crippen LogP contribution is 2.45. The number of aromatic amines is 1. The van der Waals surface area contributed by atoms with Gasteiger partial charge in [-0.1, -0.05) is 23.7 Å². The number of nitrogens with one attached hydrogen (secondary N) is 1. The molecule has 1 unspecified atom stereocenters. The first kappa shape index (κ1) is 20.1. The lowest BCUT2D eigenvalue weighted by Crippen LogP contribution is -2.29. The zero-order valence-electron chi connectivity index (χ0n) is 17.0. The summed E-state index contributed by atoms with van der Waals surface area (Å²) < 4.78 is 10.6. The summed E-state index contributed by atoms with van der Waals surface area (Å²) in [7, 11) is 0. The number of esters is 1. The number of carbonyl (C=O) groups is 2. The van der Waals surface area contributed by atoms with Crippen LogP contribution in [0.1, 0.15) is 44.9 Å². The molecule has 160 valence electrons. The number of fused-ring (bicyclic) bond motifs is 1. The molecule has 1 aliphatic heterocycles. The summed E-state index contributed by atoms with van der Waals surface area (Å²) in [5.74, 6) is -0.0720. The number of rotatable bonds is 5. The van der Waals surface area contributed by atoms with Gasteiger partial charge in [0.05, 0.1) is 24.5 Å². The van der Waals surface area contributed by atoms with Crippen LogP contribution < -0.4 is 4.90 Å². The molecule has 0 aliphatic carbocycles. The van der Waals surface area contributed by atoms with Crippen LogP contribution in [0.3, 0.4) is 0 Å². The van der Waals surface area contributed by atoms with E-state index in [2.05, 4.69) is 10.2 Å². The molecule has 2 aromatic heterocycles. The second kappa shape index (κ2) is 8.01. The number of furan rings is 1. The summed E-state index contributed by atoms with van der Waals surface area (Å²) in [4.78, 5) is 27.1. The van der Waals surface area contributed by atoms with Crippen molar-refractivity contribution in [2.75, 3.05) is 11.5 Å². The van der Waals surface area contributed by atoms with Gasteiger partial charge in [0.1, 0.15) is 5.69 Å². The van der Waals surface area contributed by atoms with Crippen molar-refractivity contribution in [1.82, 2.24) is 10.2 Å². The van der Waals surface area contributed by atoms with Crippen LogP contribution in [0, 0.1) is 0 Å². The summed E-state index contributed by atoms with van der Waals surface area (Å²) in [5.41, 5.74) is 3.60. The van der Waals surface area contributed by atoms with Gasteiger partial charge in [0.15, 0.2) is 11.5 Å². The van der Waals surface area contributed by atoms with Gasteiger partial charge >= 0.3 is 5.97 Å². The number of ether oxygens (including phenoxy) is 1. The number of benzene rings is 2. The van der Waals surface area contributed by atoms with E-state index < -0.39 is 12.0 Å². The van der Waals surface area contributed by atoms with Crippen LogP contribution in [0.2, 0.25) is 5.02 Å². The van der Waals surface area contributed by atoms with Gasteiger partial charge in [-0.15, -0.1) is 0 Å². The average molecular weight is 448 g/mol. The zero-order chi connectivity index (χ0) is 22.2. The Kier molecular flexibility index (Phi) is 5.03. The van der Waals surface area contributed by atoms with E-state index in [0.717, 1.165) is 11.1 Å². The predicted octanol–water partition coefficient (Wildman–Crippen LogP) is 5.25. The van der Waals surface area contributed by atoms with Gasteiger partial charge in [-0.25, -0.2) is 4.79 Å². The minimum Gasteiger partial charge on any atom is -0.463 e. The van der Waals surface area contributed by atoms with Gasteiger partial charge in [0, 0.05) is 16.3 Å². The highest BCUT2D eigenvalue weighted by atomic mass is 35.5. The fourth-order valence-corrected chi connectivity index (χ4v) is 4.07. The number of hydrogen-bond acceptors (Lipinski definition) is 5. The molecule has 4 aromatic rings. The number of nitrogens with zero attached hydrogens (tertiary/aromatic N) is 2. The van der Waals surface area contributed by atoms with Gasteiger partial charge in [-0.2, -0.15) is 5.10 Å². The van der Waals surface area contributed by atoms with E-state index in [0.29, 0.717) is 40.0 Å². The largest absolute Gasteiger partial charge is 0.463 e. The topological polar surface area (TPSA) is 88.4 Å². The number of amides is 1. The Bertz CT molecular complexity index is 1280. The Labute approximate surface area is 188 Å². The molecule has 0 saturated carbocycles. The van der Waals surface area contributed by atoms with Crippen molar-refractivity contribution >= 4 is 29.2 Å². The molecule has 8 heteroatoms. The molecular formula is C24H18ClN3O4. The Balaban J connectivity index is 1.62. The summed E-state index contributed by atoms with van der Waals surface area (Å²) in [6.45, 7) is 2.05. The maximum absolute atomic E-state index is 13.4. The van der Waals surface area contributed by atoms with Crippen molar-refractivity contribution in [3.63, 3.8) is 0 Å². The van der Waals surface area contributed by atoms with Crippen LogP contribution in [0.5, 0.6) is 0 Å². The van der Waals surface area contributed by atoms with Crippen LogP contribution in [0.25, 0.3) is 11.5 Å². The molecule has 0 spiro atoms. The zero-order valence-corrected chi connectivity index (χ0v) is 17.8. The van der Waals surface area contributed by atoms with Gasteiger partial charge in [0.25, 0.3) is 5.91 Å². The molecule has 0 saturated heterocycles. The van der Waals surface area contributed by atoms with Crippen LogP contribution >= 0.6 is 11.6 Å². The molecule has 0 bridgehead atoms. The van der Waals surface area contributed by atoms with Crippen LogP contribution in [-0.2, 0) is 4.74 Å². The lowest BCUT2D eigenvalue weighted by Gasteiger charge is -2.26. The molecule has 1 amide bonds. The molecule has 0 fully saturated rings. The number of H-pyrrole nitrogens is 1. The number of hydrogen-bond donors (Lipinski definition) is 1. The number of halogens is 1. The SMILES string of the molecule is CCOC(=O)c1ccc(N2C(=O)c3n[nH]c(-c4ccco4)c3C2c2ccc(Cl)cc2)cc1. The summed E-state index contributed by atoms with van der Waals surface area (Å²) in [6, 6.07) is 17.2. The van der Waals surface area contributed by atoms with Gasteiger partial charge < -0.3 is 9.15 Å². The average Bonchev–Trinajstić information content (AvgIpc) is 3.53. The van der Waals surface area contributed by atoms with E-state index in [4.69, 9.17) is 20.8 Å². The van der Waals surface area contributed by atoms with E-state index in [1.165, 1.54) is 0 Å². The quantitative estimate of drug-likeness (QED) is 0.422. The standard InChI is InChI=1S/C24H18ClN3O4/c1-2-31-24(30)15-7-11-17(12-8-15)28-22(14-5-9-16(25)10-6-14)19-20(18-4-3-13-32-18)26-27-21(19)23(28)29/h3-13,22H,2H2,1H3,(H,26,27). The smallest absolute Gasteiger partial charge is 0.338 e. The Hall–Kier alpha value is -3.84. The van der Waals surface area contributed by atoms with E-state index in [9.17, 15) is 9.59 Å². The number of aromatic nitrogens is 2. The first-order valence-electron chi connectivity index (χ1n) is 10.1. The normalized spacial score (nSPS) is 15.1. The third-order valence-electron chi connectivity index (χ3n) is 5.37. The molecule has 1 aliphatic rings. The van der Waals surface area contributed by atoms with Crippen molar-refractivity contribution in [2.24, 2.45) is 0 Å². The van der Waals surface area contributed by atoms with Crippen LogP contribution in [0.4, 0.5) is 5.69 Å². The Morgan fingerprint density at radius 3 is 2.56 bits per heavy atom. The number of carbonyl (C=O) groups excluding carboxylic acids is 2. The van der Waals surface area contributed by atoms with Gasteiger partial charge in [-0.05, 0) is 61.0 Å². The second-order valence-electron chi connectivity index (χ2n) is 7.23. The summed E-state index contributed by atoms with van der Waals surface area (Å²) >= 11 is 6.11. The molecular weight excluding hydrogens is 430 g/mol. The minimum absolute atomic E-state index is 0.252. The molecule has 1 N–H and O–H groups in total.